The van der Waals surface area contributed by atoms with Crippen molar-refractivity contribution in [1.29, 1.82) is 0 Å². The van der Waals surface area contributed by atoms with E-state index in [0.29, 0.717) is 5.02 Å². The Labute approximate surface area is 88.5 Å². The summed E-state index contributed by atoms with van der Waals surface area (Å²) in [5, 5.41) is 9.65. The molecule has 0 amide bonds. The molecular weight excluding hydrogens is 200 g/mol. The summed E-state index contributed by atoms with van der Waals surface area (Å²) in [6.07, 6.45) is 3.18. The first-order chi connectivity index (χ1) is 6.81. The highest BCUT2D eigenvalue weighted by atomic mass is 35.5. The topological polar surface area (TPSA) is 29.5 Å². The molecule has 0 aromatic heterocycles. The van der Waals surface area contributed by atoms with E-state index in [4.69, 9.17) is 21.4 Å². The minimum Gasteiger partial charge on any atom is -0.492 e. The van der Waals surface area contributed by atoms with Gasteiger partial charge in [0.2, 0.25) is 0 Å². The van der Waals surface area contributed by atoms with Gasteiger partial charge in [0.15, 0.2) is 0 Å². The van der Waals surface area contributed by atoms with E-state index in [1.54, 1.807) is 6.07 Å². The Hall–Kier alpha value is -0.730. The van der Waals surface area contributed by atoms with Crippen LogP contribution < -0.4 is 4.74 Å². The van der Waals surface area contributed by atoms with Crippen LogP contribution in [0.25, 0.3) is 0 Å². The number of halogens is 1. The van der Waals surface area contributed by atoms with Crippen LogP contribution in [0.2, 0.25) is 5.02 Å². The zero-order valence-corrected chi connectivity index (χ0v) is 8.68. The molecular formula is C11H13ClO2. The second-order valence-corrected chi connectivity index (χ2v) is 3.94. The predicted molar refractivity (Wildman–Crippen MR) is 55.8 cm³/mol. The molecule has 0 fully saturated rings. The highest BCUT2D eigenvalue weighted by Gasteiger charge is 2.13. The third-order valence-corrected chi connectivity index (χ3v) is 2.73. The molecule has 2 nitrogen and oxygen atoms in total. The van der Waals surface area contributed by atoms with Gasteiger partial charge >= 0.3 is 0 Å². The van der Waals surface area contributed by atoms with E-state index in [1.165, 1.54) is 0 Å². The fraction of sp³-hybridized carbons (Fsp3) is 0.455. The van der Waals surface area contributed by atoms with Gasteiger partial charge < -0.3 is 9.84 Å². The molecule has 1 aromatic carbocycles. The van der Waals surface area contributed by atoms with Crippen LogP contribution in [0.5, 0.6) is 5.75 Å². The fourth-order valence-electron chi connectivity index (χ4n) is 1.74. The van der Waals surface area contributed by atoms with E-state index in [-0.39, 0.29) is 6.61 Å². The van der Waals surface area contributed by atoms with Gasteiger partial charge in [-0.25, -0.2) is 0 Å². The summed E-state index contributed by atoms with van der Waals surface area (Å²) in [6.45, 7) is 0.776. The molecule has 1 heterocycles. The molecule has 0 aliphatic carbocycles. The lowest BCUT2D eigenvalue weighted by atomic mass is 10.1. The van der Waals surface area contributed by atoms with Crippen LogP contribution in [0.4, 0.5) is 0 Å². The number of ether oxygens (including phenoxy) is 1. The molecule has 2 rings (SSSR count). The Balaban J connectivity index is 2.43. The molecule has 0 unspecified atom stereocenters. The number of hydrogen-bond acceptors (Lipinski definition) is 2. The predicted octanol–water partition coefficient (Wildman–Crippen LogP) is 2.55. The number of fused-ring (bicyclic) bond motifs is 1. The van der Waals surface area contributed by atoms with E-state index in [9.17, 15) is 0 Å². The van der Waals surface area contributed by atoms with Crippen molar-refractivity contribution in [3.63, 3.8) is 0 Å². The molecule has 1 aliphatic rings. The van der Waals surface area contributed by atoms with E-state index in [0.717, 1.165) is 42.7 Å². The molecule has 76 valence electrons. The zero-order chi connectivity index (χ0) is 9.97. The van der Waals surface area contributed by atoms with Gasteiger partial charge in [-0.05, 0) is 42.5 Å². The second kappa shape index (κ2) is 4.20. The molecule has 0 saturated heterocycles. The lowest BCUT2D eigenvalue weighted by Gasteiger charge is -2.10. The van der Waals surface area contributed by atoms with Crippen molar-refractivity contribution in [2.75, 3.05) is 6.61 Å². The lowest BCUT2D eigenvalue weighted by molar-refractivity contribution is 0.281. The lowest BCUT2D eigenvalue weighted by Crippen LogP contribution is -1.96. The van der Waals surface area contributed by atoms with E-state index in [2.05, 4.69) is 0 Å². The number of benzene rings is 1. The van der Waals surface area contributed by atoms with Crippen LogP contribution in [-0.2, 0) is 13.0 Å². The number of aryl methyl sites for hydroxylation is 1. The van der Waals surface area contributed by atoms with Crippen molar-refractivity contribution in [2.24, 2.45) is 0 Å². The molecule has 14 heavy (non-hydrogen) atoms. The Morgan fingerprint density at radius 1 is 1.36 bits per heavy atom. The summed E-state index contributed by atoms with van der Waals surface area (Å²) in [4.78, 5) is 0. The third kappa shape index (κ3) is 1.86. The van der Waals surface area contributed by atoms with Gasteiger partial charge in [-0.15, -0.1) is 0 Å². The van der Waals surface area contributed by atoms with Gasteiger partial charge in [0.05, 0.1) is 18.2 Å². The summed E-state index contributed by atoms with van der Waals surface area (Å²) in [6, 6.07) is 3.75. The van der Waals surface area contributed by atoms with Crippen LogP contribution in [0.3, 0.4) is 0 Å². The van der Waals surface area contributed by atoms with E-state index < -0.39 is 0 Å². The maximum atomic E-state index is 9.03. The zero-order valence-electron chi connectivity index (χ0n) is 7.92. The van der Waals surface area contributed by atoms with Crippen molar-refractivity contribution in [3.05, 3.63) is 28.3 Å². The summed E-state index contributed by atoms with van der Waals surface area (Å²) in [5.74, 6) is 0.807. The fourth-order valence-corrected chi connectivity index (χ4v) is 2.06. The van der Waals surface area contributed by atoms with Crippen LogP contribution >= 0.6 is 11.6 Å². The molecule has 0 atom stereocenters. The maximum Gasteiger partial charge on any atom is 0.141 e. The number of hydrogen-bond donors (Lipinski definition) is 1. The van der Waals surface area contributed by atoms with Gasteiger partial charge in [-0.3, -0.25) is 0 Å². The standard InChI is InChI=1S/C11H13ClO2/c12-10-6-8(7-13)5-9-3-1-2-4-14-11(9)10/h5-6,13H,1-4,7H2. The number of aliphatic hydroxyl groups excluding tert-OH is 1. The van der Waals surface area contributed by atoms with E-state index in [1.807, 2.05) is 6.07 Å². The summed E-state index contributed by atoms with van der Waals surface area (Å²) in [5.41, 5.74) is 1.98. The van der Waals surface area contributed by atoms with Crippen LogP contribution in [-0.4, -0.2) is 11.7 Å². The third-order valence-electron chi connectivity index (χ3n) is 2.45. The molecule has 0 spiro atoms. The summed E-state index contributed by atoms with van der Waals surface area (Å²) < 4.78 is 5.57. The minimum absolute atomic E-state index is 0.0347. The molecule has 0 saturated carbocycles. The highest BCUT2D eigenvalue weighted by molar-refractivity contribution is 6.32. The number of aliphatic hydroxyl groups is 1. The SMILES string of the molecule is OCc1cc(Cl)c2c(c1)CCCCO2. The van der Waals surface area contributed by atoms with Gasteiger partial charge in [0.25, 0.3) is 0 Å². The van der Waals surface area contributed by atoms with Gasteiger partial charge in [-0.1, -0.05) is 11.6 Å². The first kappa shape index (κ1) is 9.81. The second-order valence-electron chi connectivity index (χ2n) is 3.53. The van der Waals surface area contributed by atoms with Gasteiger partial charge in [0, 0.05) is 0 Å². The number of rotatable bonds is 1. The maximum absolute atomic E-state index is 9.03. The Kier molecular flexibility index (Phi) is 2.94. The summed E-state index contributed by atoms with van der Waals surface area (Å²) in [7, 11) is 0. The normalized spacial score (nSPS) is 15.6. The smallest absolute Gasteiger partial charge is 0.141 e. The Morgan fingerprint density at radius 2 is 2.21 bits per heavy atom. The minimum atomic E-state index is 0.0347. The Bertz CT molecular complexity index is 336. The largest absolute Gasteiger partial charge is 0.492 e. The Morgan fingerprint density at radius 3 is 3.00 bits per heavy atom. The summed E-state index contributed by atoms with van der Waals surface area (Å²) >= 11 is 6.06. The first-order valence-electron chi connectivity index (χ1n) is 4.86. The molecule has 1 N–H and O–H groups in total. The van der Waals surface area contributed by atoms with Crippen molar-refractivity contribution in [1.82, 2.24) is 0 Å². The average Bonchev–Trinajstić information content (AvgIpc) is 2.42. The van der Waals surface area contributed by atoms with Crippen molar-refractivity contribution < 1.29 is 9.84 Å². The van der Waals surface area contributed by atoms with Crippen LogP contribution in [0, 0.1) is 0 Å². The molecule has 1 aliphatic heterocycles. The quantitative estimate of drug-likeness (QED) is 0.775. The highest BCUT2D eigenvalue weighted by Crippen LogP contribution is 2.33. The van der Waals surface area contributed by atoms with E-state index >= 15 is 0 Å². The molecule has 0 bridgehead atoms. The molecule has 0 radical (unpaired) electrons. The van der Waals surface area contributed by atoms with Crippen molar-refractivity contribution >= 4 is 11.6 Å². The van der Waals surface area contributed by atoms with Gasteiger partial charge in [0.1, 0.15) is 5.75 Å². The van der Waals surface area contributed by atoms with Crippen LogP contribution in [0.15, 0.2) is 12.1 Å². The van der Waals surface area contributed by atoms with Crippen LogP contribution in [0.1, 0.15) is 24.0 Å². The monoisotopic (exact) mass is 212 g/mol. The molecule has 3 heteroatoms. The van der Waals surface area contributed by atoms with Crippen molar-refractivity contribution in [2.45, 2.75) is 25.9 Å². The average molecular weight is 213 g/mol. The van der Waals surface area contributed by atoms with Gasteiger partial charge in [-0.2, -0.15) is 0 Å². The van der Waals surface area contributed by atoms with Crippen molar-refractivity contribution in [3.8, 4) is 5.75 Å². The molecule has 1 aromatic rings. The first-order valence-corrected chi connectivity index (χ1v) is 5.24.